The third-order valence-electron chi connectivity index (χ3n) is 11.4. The highest BCUT2D eigenvalue weighted by atomic mass is 35.5. The number of esters is 1. The second-order valence-electron chi connectivity index (χ2n) is 14.4. The molecular weight excluding hydrogens is 713 g/mol. The van der Waals surface area contributed by atoms with Gasteiger partial charge in [-0.2, -0.15) is 0 Å². The molecule has 0 aliphatic heterocycles. The second kappa shape index (κ2) is 14.4. The van der Waals surface area contributed by atoms with Gasteiger partial charge in [0.1, 0.15) is 21.9 Å². The summed E-state index contributed by atoms with van der Waals surface area (Å²) in [6.07, 6.45) is 9.00. The summed E-state index contributed by atoms with van der Waals surface area (Å²) in [5, 5.41) is 3.64. The van der Waals surface area contributed by atoms with E-state index < -0.39 is 17.3 Å². The van der Waals surface area contributed by atoms with Gasteiger partial charge in [-0.3, -0.25) is 4.79 Å². The summed E-state index contributed by atoms with van der Waals surface area (Å²) in [6.45, 7) is 2.10. The van der Waals surface area contributed by atoms with Crippen molar-refractivity contribution in [3.63, 3.8) is 0 Å². The van der Waals surface area contributed by atoms with Crippen molar-refractivity contribution in [1.29, 1.82) is 0 Å². The molecule has 0 amide bonds. The number of rotatable bonds is 10. The highest BCUT2D eigenvalue weighted by molar-refractivity contribution is 6.29. The zero-order chi connectivity index (χ0) is 37.5. The Balaban J connectivity index is 1.29. The first-order chi connectivity index (χ1) is 27.0. The summed E-state index contributed by atoms with van der Waals surface area (Å²) in [4.78, 5) is 36.1. The predicted molar refractivity (Wildman–Crippen MR) is 211 cm³/mol. The normalized spacial score (nSPS) is 19.4. The second-order valence-corrected chi connectivity index (χ2v) is 14.7. The molecule has 2 atom stereocenters. The van der Waals surface area contributed by atoms with E-state index in [0.29, 0.717) is 22.4 Å². The van der Waals surface area contributed by atoms with Gasteiger partial charge in [-0.05, 0) is 73.3 Å². The minimum atomic E-state index is -0.944. The van der Waals surface area contributed by atoms with Crippen LogP contribution in [0.4, 0.5) is 10.2 Å². The monoisotopic (exact) mass is 751 g/mol. The Labute approximate surface area is 323 Å². The molecule has 4 aromatic heterocycles. The van der Waals surface area contributed by atoms with Gasteiger partial charge >= 0.3 is 5.97 Å². The molecule has 7 aromatic rings. The van der Waals surface area contributed by atoms with E-state index in [1.807, 2.05) is 67.7 Å². The predicted octanol–water partition coefficient (Wildman–Crippen LogP) is 9.30. The fraction of sp³-hybridized carbons (Fsp3) is 0.250. The maximum atomic E-state index is 16.9. The van der Waals surface area contributed by atoms with Gasteiger partial charge in [-0.1, -0.05) is 103 Å². The molecule has 3 aromatic carbocycles. The number of aromatic amines is 1. The van der Waals surface area contributed by atoms with E-state index in [-0.39, 0.29) is 52.9 Å². The average molecular weight is 752 g/mol. The SMILES string of the molecule is CCOC(=O)[C@@H]1C2CCC(CC2)[C@H]1Nc1nc(-c2cn(C(c3ccccc3)(c3ccccc3)c3ccccc3)c3ncc(Cl)nc23)nc(-c2ccc[nH]2)c1F. The number of carbonyl (C=O) groups is 1. The number of nitrogens with one attached hydrogen (secondary N) is 2. The van der Waals surface area contributed by atoms with Crippen molar-refractivity contribution in [1.82, 2.24) is 29.5 Å². The Morgan fingerprint density at radius 2 is 1.49 bits per heavy atom. The number of fused-ring (bicyclic) bond motifs is 4. The fourth-order valence-corrected chi connectivity index (χ4v) is 9.19. The smallest absolute Gasteiger partial charge is 0.311 e. The van der Waals surface area contributed by atoms with E-state index in [0.717, 1.165) is 42.4 Å². The molecule has 3 aliphatic rings. The van der Waals surface area contributed by atoms with Crippen LogP contribution in [-0.4, -0.2) is 48.1 Å². The van der Waals surface area contributed by atoms with Crippen molar-refractivity contribution in [2.75, 3.05) is 11.9 Å². The van der Waals surface area contributed by atoms with Crippen LogP contribution in [0, 0.1) is 23.6 Å². The van der Waals surface area contributed by atoms with Gasteiger partial charge in [-0.25, -0.2) is 24.3 Å². The first-order valence-corrected chi connectivity index (χ1v) is 19.2. The number of nitrogens with zero attached hydrogens (tertiary/aromatic N) is 5. The van der Waals surface area contributed by atoms with Crippen LogP contribution in [0.2, 0.25) is 5.15 Å². The van der Waals surface area contributed by atoms with Crippen LogP contribution >= 0.6 is 11.6 Å². The molecule has 0 unspecified atom stereocenters. The molecule has 3 fully saturated rings. The number of hydrogen-bond acceptors (Lipinski definition) is 7. The summed E-state index contributed by atoms with van der Waals surface area (Å²) in [7, 11) is 0. The van der Waals surface area contributed by atoms with Gasteiger partial charge < -0.3 is 19.6 Å². The Kier molecular flexibility index (Phi) is 9.14. The lowest BCUT2D eigenvalue weighted by atomic mass is 9.61. The lowest BCUT2D eigenvalue weighted by molar-refractivity contribution is -0.154. The Morgan fingerprint density at radius 1 is 0.873 bits per heavy atom. The van der Waals surface area contributed by atoms with E-state index in [9.17, 15) is 4.79 Å². The molecule has 55 heavy (non-hydrogen) atoms. The zero-order valence-electron chi connectivity index (χ0n) is 30.2. The van der Waals surface area contributed by atoms with E-state index in [2.05, 4.69) is 51.3 Å². The third kappa shape index (κ3) is 5.96. The largest absolute Gasteiger partial charge is 0.466 e. The fourth-order valence-electron chi connectivity index (χ4n) is 9.06. The van der Waals surface area contributed by atoms with E-state index in [1.54, 1.807) is 18.3 Å². The number of ether oxygens (including phenoxy) is 1. The summed E-state index contributed by atoms with van der Waals surface area (Å²) < 4.78 is 24.5. The lowest BCUT2D eigenvalue weighted by Gasteiger charge is -2.47. The molecule has 276 valence electrons. The van der Waals surface area contributed by atoms with Crippen molar-refractivity contribution in [2.45, 2.75) is 44.2 Å². The molecule has 2 bridgehead atoms. The standard InChI is InChI=1S/C44H39ClFN7O2/c1-2-55-43(54)35-27-20-22-28(23-21-27)37(35)50-41-36(46)39(33-19-12-24-47-33)51-40(52-41)32-26-53(42-38(32)49-34(45)25-48-42)44(29-13-6-3-7-14-29,30-15-8-4-9-16-30)31-17-10-5-11-18-31/h3-19,24-28,35,37,47H,2,20-23H2,1H3,(H,50,51,52)/t27?,28?,35-,37-/m1/s1. The van der Waals surface area contributed by atoms with Gasteiger partial charge in [0, 0.05) is 18.4 Å². The van der Waals surface area contributed by atoms with Crippen LogP contribution in [0.15, 0.2) is 122 Å². The number of carbonyl (C=O) groups excluding carboxylic acids is 1. The maximum absolute atomic E-state index is 16.9. The minimum absolute atomic E-state index is 0.0118. The average Bonchev–Trinajstić information content (AvgIpc) is 3.90. The first kappa shape index (κ1) is 34.9. The molecule has 0 saturated heterocycles. The summed E-state index contributed by atoms with van der Waals surface area (Å²) in [5.41, 5.74) is 4.08. The number of H-pyrrole nitrogens is 1. The lowest BCUT2D eigenvalue weighted by Crippen LogP contribution is -2.52. The van der Waals surface area contributed by atoms with Crippen molar-refractivity contribution in [3.8, 4) is 22.8 Å². The third-order valence-corrected chi connectivity index (χ3v) is 11.6. The van der Waals surface area contributed by atoms with Crippen molar-refractivity contribution >= 4 is 34.6 Å². The van der Waals surface area contributed by atoms with Crippen LogP contribution in [-0.2, 0) is 15.1 Å². The topological polar surface area (TPSA) is 111 Å². The van der Waals surface area contributed by atoms with E-state index in [4.69, 9.17) is 36.3 Å². The molecule has 0 spiro atoms. The molecular formula is C44H39ClFN7O2. The van der Waals surface area contributed by atoms with E-state index in [1.165, 1.54) is 6.20 Å². The molecule has 2 N–H and O–H groups in total. The van der Waals surface area contributed by atoms with E-state index >= 15 is 4.39 Å². The van der Waals surface area contributed by atoms with Crippen LogP contribution in [0.25, 0.3) is 33.9 Å². The van der Waals surface area contributed by atoms with Gasteiger partial charge in [0.2, 0.25) is 0 Å². The van der Waals surface area contributed by atoms with Crippen molar-refractivity contribution in [3.05, 3.63) is 149 Å². The minimum Gasteiger partial charge on any atom is -0.466 e. The van der Waals surface area contributed by atoms with Crippen LogP contribution < -0.4 is 5.32 Å². The number of benzene rings is 3. The van der Waals surface area contributed by atoms with Crippen LogP contribution in [0.3, 0.4) is 0 Å². The molecule has 9 nitrogen and oxygen atoms in total. The quantitative estimate of drug-likeness (QED) is 0.106. The molecule has 3 saturated carbocycles. The number of halogens is 2. The Bertz CT molecular complexity index is 2350. The van der Waals surface area contributed by atoms with Gasteiger partial charge in [-0.15, -0.1) is 0 Å². The van der Waals surface area contributed by atoms with Crippen molar-refractivity contribution in [2.24, 2.45) is 17.8 Å². The summed E-state index contributed by atoms with van der Waals surface area (Å²) in [6, 6.07) is 34.0. The highest BCUT2D eigenvalue weighted by Gasteiger charge is 2.48. The first-order valence-electron chi connectivity index (χ1n) is 18.8. The van der Waals surface area contributed by atoms with Gasteiger partial charge in [0.15, 0.2) is 23.1 Å². The highest BCUT2D eigenvalue weighted by Crippen LogP contribution is 2.48. The van der Waals surface area contributed by atoms with Crippen LogP contribution in [0.1, 0.15) is 49.3 Å². The molecule has 10 rings (SSSR count). The number of anilines is 1. The zero-order valence-corrected chi connectivity index (χ0v) is 31.0. The molecule has 11 heteroatoms. The van der Waals surface area contributed by atoms with Gasteiger partial charge in [0.25, 0.3) is 0 Å². The Morgan fingerprint density at radius 3 is 2.07 bits per heavy atom. The number of aromatic nitrogens is 6. The molecule has 3 aliphatic carbocycles. The maximum Gasteiger partial charge on any atom is 0.311 e. The van der Waals surface area contributed by atoms with Crippen LogP contribution in [0.5, 0.6) is 0 Å². The molecule has 0 radical (unpaired) electrons. The van der Waals surface area contributed by atoms with Crippen molar-refractivity contribution < 1.29 is 13.9 Å². The van der Waals surface area contributed by atoms with Gasteiger partial charge in [0.05, 0.1) is 30.0 Å². The Hall–Kier alpha value is -5.87. The summed E-state index contributed by atoms with van der Waals surface area (Å²) >= 11 is 6.61. The number of hydrogen-bond donors (Lipinski definition) is 2. The molecule has 4 heterocycles. The summed E-state index contributed by atoms with van der Waals surface area (Å²) in [5.74, 6) is -0.708.